The Kier molecular flexibility index (Phi) is 4.51. The minimum Gasteiger partial charge on any atom is -0.480 e. The molecule has 0 radical (unpaired) electrons. The number of nitrogens with zero attached hydrogens (tertiary/aromatic N) is 2. The van der Waals surface area contributed by atoms with E-state index in [1.54, 1.807) is 0 Å². The Morgan fingerprint density at radius 2 is 1.59 bits per heavy atom. The summed E-state index contributed by atoms with van der Waals surface area (Å²) in [6.07, 6.45) is 5.52. The number of aliphatic carboxylic acids is 1. The average molecular weight is 403 g/mol. The molecule has 4 aliphatic carbocycles. The zero-order valence-corrected chi connectivity index (χ0v) is 15.6. The molecule has 0 aliphatic heterocycles. The van der Waals surface area contributed by atoms with Crippen LogP contribution in [-0.4, -0.2) is 32.9 Å². The summed E-state index contributed by atoms with van der Waals surface area (Å²) in [7, 11) is 0. The third-order valence-electron chi connectivity index (χ3n) is 6.85. The van der Waals surface area contributed by atoms with Gasteiger partial charge in [-0.2, -0.15) is 0 Å². The van der Waals surface area contributed by atoms with Gasteiger partial charge >= 0.3 is 5.97 Å². The highest BCUT2D eigenvalue weighted by atomic mass is 16.6. The van der Waals surface area contributed by atoms with Crippen LogP contribution in [0.2, 0.25) is 0 Å². The fourth-order valence-corrected chi connectivity index (χ4v) is 6.19. The van der Waals surface area contributed by atoms with Crippen LogP contribution in [0.1, 0.15) is 48.9 Å². The molecule has 0 heterocycles. The highest BCUT2D eigenvalue weighted by molar-refractivity contribution is 6.00. The lowest BCUT2D eigenvalue weighted by atomic mass is 9.47. The number of carbonyl (C=O) groups is 2. The maximum absolute atomic E-state index is 12.8. The Hall–Kier alpha value is -3.04. The van der Waals surface area contributed by atoms with Gasteiger partial charge in [0.2, 0.25) is 0 Å². The first-order valence-corrected chi connectivity index (χ1v) is 9.65. The molecule has 0 saturated heterocycles. The maximum atomic E-state index is 12.8. The number of amides is 1. The van der Waals surface area contributed by atoms with Crippen molar-refractivity contribution in [2.75, 3.05) is 0 Å². The van der Waals surface area contributed by atoms with Gasteiger partial charge in [-0.15, -0.1) is 0 Å². The number of nitrogens with one attached hydrogen (secondary N) is 1. The Morgan fingerprint density at radius 3 is 2.03 bits per heavy atom. The molecule has 1 atom stereocenters. The van der Waals surface area contributed by atoms with E-state index in [0.29, 0.717) is 17.8 Å². The Labute approximate surface area is 165 Å². The third-order valence-corrected chi connectivity index (χ3v) is 6.85. The number of carboxylic acids is 1. The fourth-order valence-electron chi connectivity index (χ4n) is 6.19. The van der Waals surface area contributed by atoms with Crippen molar-refractivity contribution in [2.45, 2.75) is 44.6 Å². The molecule has 10 heteroatoms. The zero-order valence-electron chi connectivity index (χ0n) is 15.6. The standard InChI is InChI=1S/C19H21N3O7/c23-17(14-2-1-13(21(26)27)6-15(14)22(28)29)20-16(18(24)25)19-7-10-3-11(8-19)5-12(4-10)9-19/h1-2,6,10-12,16H,3-5,7-9H2,(H,20,23)(H,24,25)/t10?,11?,12?,16-,19?/m0/s1. The lowest BCUT2D eigenvalue weighted by molar-refractivity contribution is -0.394. The summed E-state index contributed by atoms with van der Waals surface area (Å²) in [5.74, 6) is -0.643. The number of carboxylic acid groups (broad SMARTS) is 1. The monoisotopic (exact) mass is 403 g/mol. The molecule has 2 N–H and O–H groups in total. The van der Waals surface area contributed by atoms with E-state index in [1.165, 1.54) is 0 Å². The van der Waals surface area contributed by atoms with E-state index < -0.39 is 44.6 Å². The highest BCUT2D eigenvalue weighted by Crippen LogP contribution is 2.61. The third kappa shape index (κ3) is 3.32. The largest absolute Gasteiger partial charge is 0.480 e. The number of hydrogen-bond acceptors (Lipinski definition) is 6. The van der Waals surface area contributed by atoms with Crippen LogP contribution < -0.4 is 5.32 Å². The van der Waals surface area contributed by atoms with Gasteiger partial charge in [-0.25, -0.2) is 4.79 Å². The van der Waals surface area contributed by atoms with Crippen molar-refractivity contribution in [3.63, 3.8) is 0 Å². The number of non-ortho nitro benzene ring substituents is 1. The van der Waals surface area contributed by atoms with E-state index >= 15 is 0 Å². The van der Waals surface area contributed by atoms with Crippen molar-refractivity contribution >= 4 is 23.3 Å². The van der Waals surface area contributed by atoms with Gasteiger partial charge < -0.3 is 10.4 Å². The normalized spacial score (nSPS) is 30.6. The maximum Gasteiger partial charge on any atom is 0.326 e. The van der Waals surface area contributed by atoms with E-state index in [1.807, 2.05) is 0 Å². The molecule has 4 bridgehead atoms. The van der Waals surface area contributed by atoms with E-state index in [-0.39, 0.29) is 5.56 Å². The molecule has 0 spiro atoms. The van der Waals surface area contributed by atoms with Crippen molar-refractivity contribution in [1.29, 1.82) is 0 Å². The van der Waals surface area contributed by atoms with Crippen LogP contribution in [0.25, 0.3) is 0 Å². The molecular weight excluding hydrogens is 382 g/mol. The van der Waals surface area contributed by atoms with Crippen molar-refractivity contribution in [3.05, 3.63) is 44.0 Å². The molecule has 154 valence electrons. The molecular formula is C19H21N3O7. The lowest BCUT2D eigenvalue weighted by Gasteiger charge is -2.58. The quantitative estimate of drug-likeness (QED) is 0.547. The smallest absolute Gasteiger partial charge is 0.326 e. The molecule has 10 nitrogen and oxygen atoms in total. The number of nitro benzene ring substituents is 2. The van der Waals surface area contributed by atoms with Gasteiger partial charge in [0.25, 0.3) is 17.3 Å². The van der Waals surface area contributed by atoms with Gasteiger partial charge in [-0.3, -0.25) is 25.0 Å². The second-order valence-electron chi connectivity index (χ2n) is 8.74. The summed E-state index contributed by atoms with van der Waals surface area (Å²) in [6.45, 7) is 0. The first kappa shape index (κ1) is 19.3. The zero-order chi connectivity index (χ0) is 20.9. The summed E-state index contributed by atoms with van der Waals surface area (Å²) in [6, 6.07) is 1.58. The number of carbonyl (C=O) groups excluding carboxylic acids is 1. The summed E-state index contributed by atoms with van der Waals surface area (Å²) in [4.78, 5) is 45.5. The summed E-state index contributed by atoms with van der Waals surface area (Å²) >= 11 is 0. The fraction of sp³-hybridized carbons (Fsp3) is 0.579. The van der Waals surface area contributed by atoms with Crippen LogP contribution >= 0.6 is 0 Å². The summed E-state index contributed by atoms with van der Waals surface area (Å²) in [5, 5.41) is 34.6. The molecule has 0 unspecified atom stereocenters. The molecule has 0 aromatic heterocycles. The van der Waals surface area contributed by atoms with Gasteiger partial charge in [0.1, 0.15) is 11.6 Å². The van der Waals surface area contributed by atoms with Crippen molar-refractivity contribution < 1.29 is 24.5 Å². The van der Waals surface area contributed by atoms with Crippen LogP contribution in [0.3, 0.4) is 0 Å². The van der Waals surface area contributed by atoms with Crippen LogP contribution in [0.4, 0.5) is 11.4 Å². The predicted octanol–water partition coefficient (Wildman–Crippen LogP) is 2.90. The van der Waals surface area contributed by atoms with Crippen molar-refractivity contribution in [1.82, 2.24) is 5.32 Å². The highest BCUT2D eigenvalue weighted by Gasteiger charge is 2.56. The van der Waals surface area contributed by atoms with E-state index in [9.17, 15) is 34.9 Å². The molecule has 29 heavy (non-hydrogen) atoms. The van der Waals surface area contributed by atoms with Gasteiger partial charge in [0.05, 0.1) is 15.9 Å². The Balaban J connectivity index is 1.63. The SMILES string of the molecule is O=C(N[C@@H](C(=O)O)C12CC3CC(CC(C3)C1)C2)c1ccc([N+](=O)[O-])cc1[N+](=O)[O-]. The van der Waals surface area contributed by atoms with Gasteiger partial charge in [-0.1, -0.05) is 0 Å². The molecule has 4 saturated carbocycles. The minimum absolute atomic E-state index is 0.378. The second-order valence-corrected chi connectivity index (χ2v) is 8.74. The average Bonchev–Trinajstić information content (AvgIpc) is 2.63. The van der Waals surface area contributed by atoms with Gasteiger partial charge in [0, 0.05) is 11.5 Å². The van der Waals surface area contributed by atoms with E-state index in [2.05, 4.69) is 5.32 Å². The Bertz CT molecular complexity index is 878. The Morgan fingerprint density at radius 1 is 1.03 bits per heavy atom. The molecule has 4 fully saturated rings. The molecule has 5 rings (SSSR count). The van der Waals surface area contributed by atoms with Crippen LogP contribution in [0.15, 0.2) is 18.2 Å². The van der Waals surface area contributed by atoms with Crippen LogP contribution in [0, 0.1) is 43.4 Å². The minimum atomic E-state index is -1.15. The topological polar surface area (TPSA) is 153 Å². The summed E-state index contributed by atoms with van der Waals surface area (Å²) in [5.41, 5.74) is -2.14. The first-order valence-electron chi connectivity index (χ1n) is 9.65. The second kappa shape index (κ2) is 6.78. The van der Waals surface area contributed by atoms with E-state index in [0.717, 1.165) is 56.7 Å². The molecule has 1 amide bonds. The molecule has 4 aliphatic rings. The van der Waals surface area contributed by atoms with Gasteiger partial charge in [-0.05, 0) is 62.3 Å². The number of rotatable bonds is 6. The number of hydrogen-bond donors (Lipinski definition) is 2. The molecule has 1 aromatic carbocycles. The van der Waals surface area contributed by atoms with E-state index in [4.69, 9.17) is 0 Å². The number of nitro groups is 2. The van der Waals surface area contributed by atoms with Crippen molar-refractivity contribution in [3.8, 4) is 0 Å². The number of benzene rings is 1. The summed E-state index contributed by atoms with van der Waals surface area (Å²) < 4.78 is 0. The predicted molar refractivity (Wildman–Crippen MR) is 99.2 cm³/mol. The van der Waals surface area contributed by atoms with Crippen molar-refractivity contribution in [2.24, 2.45) is 23.2 Å². The lowest BCUT2D eigenvalue weighted by Crippen LogP contribution is -2.59. The first-order chi connectivity index (χ1) is 13.7. The van der Waals surface area contributed by atoms with Crippen LogP contribution in [0.5, 0.6) is 0 Å². The molecule has 1 aromatic rings. The van der Waals surface area contributed by atoms with Gasteiger partial charge in [0.15, 0.2) is 0 Å². The van der Waals surface area contributed by atoms with Crippen LogP contribution in [-0.2, 0) is 4.79 Å².